The Morgan fingerprint density at radius 3 is 2.93 bits per heavy atom. The first kappa shape index (κ1) is 11.6. The number of ether oxygens (including phenoxy) is 1. The highest BCUT2D eigenvalue weighted by molar-refractivity contribution is 5.79. The quantitative estimate of drug-likeness (QED) is 0.713. The molecular formula is C10H15NO4. The number of hydrogen-bond acceptors (Lipinski definition) is 3. The fourth-order valence-corrected chi connectivity index (χ4v) is 1.54. The predicted octanol–water partition coefficient (Wildman–Crippen LogP) is 1.11. The van der Waals surface area contributed by atoms with Gasteiger partial charge in [-0.15, -0.1) is 0 Å². The van der Waals surface area contributed by atoms with E-state index in [1.54, 1.807) is 17.9 Å². The third-order valence-corrected chi connectivity index (χ3v) is 2.26. The molecule has 1 rings (SSSR count). The van der Waals surface area contributed by atoms with Gasteiger partial charge in [0, 0.05) is 19.2 Å². The molecule has 1 fully saturated rings. The maximum absolute atomic E-state index is 11.3. The lowest BCUT2D eigenvalue weighted by Gasteiger charge is -2.14. The van der Waals surface area contributed by atoms with E-state index in [-0.39, 0.29) is 12.0 Å². The molecule has 1 amide bonds. The molecule has 1 N–H and O–H groups in total. The van der Waals surface area contributed by atoms with E-state index in [0.29, 0.717) is 19.7 Å². The summed E-state index contributed by atoms with van der Waals surface area (Å²) in [4.78, 5) is 23.2. The van der Waals surface area contributed by atoms with Crippen LogP contribution in [-0.2, 0) is 9.53 Å². The molecule has 0 bridgehead atoms. The first-order chi connectivity index (χ1) is 7.13. The van der Waals surface area contributed by atoms with Crippen molar-refractivity contribution in [3.63, 3.8) is 0 Å². The standard InChI is InChI=1S/C10H15NO4/c1-2-15-10(14)11-6-5-8(7-11)3-4-9(12)13/h3-4,8H,2,5-7H2,1H3,(H,12,13). The Morgan fingerprint density at radius 1 is 1.60 bits per heavy atom. The molecule has 0 saturated carbocycles. The topological polar surface area (TPSA) is 66.8 Å². The second-order valence-electron chi connectivity index (χ2n) is 3.39. The van der Waals surface area contributed by atoms with Crippen LogP contribution in [-0.4, -0.2) is 41.8 Å². The maximum atomic E-state index is 11.3. The Kier molecular flexibility index (Phi) is 4.15. The smallest absolute Gasteiger partial charge is 0.409 e. The Balaban J connectivity index is 2.38. The fourth-order valence-electron chi connectivity index (χ4n) is 1.54. The highest BCUT2D eigenvalue weighted by Crippen LogP contribution is 2.18. The molecule has 1 heterocycles. The van der Waals surface area contributed by atoms with E-state index in [1.807, 2.05) is 0 Å². The summed E-state index contributed by atoms with van der Waals surface area (Å²) in [5, 5.41) is 8.44. The van der Waals surface area contributed by atoms with Crippen molar-refractivity contribution in [3.05, 3.63) is 12.2 Å². The lowest BCUT2D eigenvalue weighted by Crippen LogP contribution is -2.29. The predicted molar refractivity (Wildman–Crippen MR) is 53.5 cm³/mol. The maximum Gasteiger partial charge on any atom is 0.409 e. The summed E-state index contributed by atoms with van der Waals surface area (Å²) in [6, 6.07) is 0. The van der Waals surface area contributed by atoms with Gasteiger partial charge in [-0.05, 0) is 19.3 Å². The minimum absolute atomic E-state index is 0.130. The van der Waals surface area contributed by atoms with Gasteiger partial charge in [0.2, 0.25) is 0 Å². The van der Waals surface area contributed by atoms with Crippen molar-refractivity contribution in [3.8, 4) is 0 Å². The summed E-state index contributed by atoms with van der Waals surface area (Å²) in [6.45, 7) is 3.30. The average Bonchev–Trinajstić information content (AvgIpc) is 2.63. The van der Waals surface area contributed by atoms with Gasteiger partial charge in [0.25, 0.3) is 0 Å². The molecule has 15 heavy (non-hydrogen) atoms. The van der Waals surface area contributed by atoms with Crippen molar-refractivity contribution in [2.45, 2.75) is 13.3 Å². The molecule has 1 atom stereocenters. The van der Waals surface area contributed by atoms with E-state index in [0.717, 1.165) is 12.5 Å². The molecule has 1 aliphatic heterocycles. The number of aliphatic carboxylic acids is 1. The number of amides is 1. The van der Waals surface area contributed by atoms with Crippen LogP contribution >= 0.6 is 0 Å². The number of carboxylic acids is 1. The molecule has 1 saturated heterocycles. The van der Waals surface area contributed by atoms with Crippen molar-refractivity contribution < 1.29 is 19.4 Å². The SMILES string of the molecule is CCOC(=O)N1CCC(C=CC(=O)O)C1. The molecule has 0 radical (unpaired) electrons. The van der Waals surface area contributed by atoms with Crippen LogP contribution in [0.2, 0.25) is 0 Å². The Labute approximate surface area is 88.3 Å². The van der Waals surface area contributed by atoms with Gasteiger partial charge in [-0.3, -0.25) is 0 Å². The molecule has 1 aliphatic rings. The Morgan fingerprint density at radius 2 is 2.33 bits per heavy atom. The van der Waals surface area contributed by atoms with Crippen LogP contribution in [0.3, 0.4) is 0 Å². The molecule has 0 spiro atoms. The number of hydrogen-bond donors (Lipinski definition) is 1. The van der Waals surface area contributed by atoms with E-state index in [4.69, 9.17) is 9.84 Å². The highest BCUT2D eigenvalue weighted by Gasteiger charge is 2.25. The molecule has 5 nitrogen and oxygen atoms in total. The van der Waals surface area contributed by atoms with Crippen LogP contribution in [0.5, 0.6) is 0 Å². The molecule has 0 aromatic heterocycles. The van der Waals surface area contributed by atoms with Gasteiger partial charge in [-0.1, -0.05) is 6.08 Å². The van der Waals surface area contributed by atoms with Crippen LogP contribution in [0.1, 0.15) is 13.3 Å². The molecule has 5 heteroatoms. The average molecular weight is 213 g/mol. The Bertz CT molecular complexity index is 275. The summed E-state index contributed by atoms with van der Waals surface area (Å²) in [6.07, 6.45) is 3.23. The molecule has 84 valence electrons. The zero-order chi connectivity index (χ0) is 11.3. The van der Waals surface area contributed by atoms with Crippen molar-refractivity contribution >= 4 is 12.1 Å². The summed E-state index contributed by atoms with van der Waals surface area (Å²) >= 11 is 0. The normalized spacial score (nSPS) is 20.9. The van der Waals surface area contributed by atoms with Gasteiger partial charge in [0.15, 0.2) is 0 Å². The van der Waals surface area contributed by atoms with Crippen LogP contribution in [0.4, 0.5) is 4.79 Å². The van der Waals surface area contributed by atoms with Crippen molar-refractivity contribution in [2.24, 2.45) is 5.92 Å². The molecular weight excluding hydrogens is 198 g/mol. The third kappa shape index (κ3) is 3.61. The monoisotopic (exact) mass is 213 g/mol. The van der Waals surface area contributed by atoms with E-state index >= 15 is 0 Å². The third-order valence-electron chi connectivity index (χ3n) is 2.26. The number of likely N-dealkylation sites (tertiary alicyclic amines) is 1. The summed E-state index contributed by atoms with van der Waals surface area (Å²) in [5.74, 6) is -0.824. The van der Waals surface area contributed by atoms with Crippen LogP contribution in [0, 0.1) is 5.92 Å². The van der Waals surface area contributed by atoms with Gasteiger partial charge < -0.3 is 14.7 Å². The van der Waals surface area contributed by atoms with Gasteiger partial charge in [-0.25, -0.2) is 9.59 Å². The van der Waals surface area contributed by atoms with E-state index in [1.165, 1.54) is 0 Å². The summed E-state index contributed by atoms with van der Waals surface area (Å²) < 4.78 is 4.85. The number of nitrogens with zero attached hydrogens (tertiary/aromatic N) is 1. The zero-order valence-electron chi connectivity index (χ0n) is 8.68. The van der Waals surface area contributed by atoms with Gasteiger partial charge >= 0.3 is 12.1 Å². The fraction of sp³-hybridized carbons (Fsp3) is 0.600. The first-order valence-corrected chi connectivity index (χ1v) is 4.96. The Hall–Kier alpha value is -1.52. The second kappa shape index (κ2) is 5.38. The number of carbonyl (C=O) groups excluding carboxylic acids is 1. The van der Waals surface area contributed by atoms with Gasteiger partial charge in [-0.2, -0.15) is 0 Å². The van der Waals surface area contributed by atoms with Crippen LogP contribution in [0.25, 0.3) is 0 Å². The minimum atomic E-state index is -0.954. The van der Waals surface area contributed by atoms with Crippen molar-refractivity contribution in [1.82, 2.24) is 4.90 Å². The van der Waals surface area contributed by atoms with Crippen molar-refractivity contribution in [1.29, 1.82) is 0 Å². The lowest BCUT2D eigenvalue weighted by atomic mass is 10.1. The number of carbonyl (C=O) groups is 2. The van der Waals surface area contributed by atoms with Crippen LogP contribution in [0.15, 0.2) is 12.2 Å². The molecule has 0 aromatic carbocycles. The minimum Gasteiger partial charge on any atom is -0.478 e. The van der Waals surface area contributed by atoms with E-state index < -0.39 is 5.97 Å². The second-order valence-corrected chi connectivity index (χ2v) is 3.39. The number of carboxylic acid groups (broad SMARTS) is 1. The number of rotatable bonds is 3. The lowest BCUT2D eigenvalue weighted by molar-refractivity contribution is -0.131. The first-order valence-electron chi connectivity index (χ1n) is 4.96. The molecule has 1 unspecified atom stereocenters. The van der Waals surface area contributed by atoms with Crippen molar-refractivity contribution in [2.75, 3.05) is 19.7 Å². The van der Waals surface area contributed by atoms with Crippen LogP contribution < -0.4 is 0 Å². The zero-order valence-corrected chi connectivity index (χ0v) is 8.68. The summed E-state index contributed by atoms with van der Waals surface area (Å²) in [5.41, 5.74) is 0. The van der Waals surface area contributed by atoms with Gasteiger partial charge in [0.1, 0.15) is 0 Å². The van der Waals surface area contributed by atoms with E-state index in [9.17, 15) is 9.59 Å². The highest BCUT2D eigenvalue weighted by atomic mass is 16.6. The summed E-state index contributed by atoms with van der Waals surface area (Å²) in [7, 11) is 0. The molecule has 0 aromatic rings. The van der Waals surface area contributed by atoms with E-state index in [2.05, 4.69) is 0 Å². The largest absolute Gasteiger partial charge is 0.478 e. The molecule has 0 aliphatic carbocycles. The van der Waals surface area contributed by atoms with Gasteiger partial charge in [0.05, 0.1) is 6.61 Å².